The molecule has 1 N–H and O–H groups in total. The Bertz CT molecular complexity index is 833. The number of nitrogens with zero attached hydrogens (tertiary/aromatic N) is 2. The quantitative estimate of drug-likeness (QED) is 0.720. The molecular formula is C18H17N3O2S. The molecule has 0 unspecified atom stereocenters. The minimum atomic E-state index is -0.369. The van der Waals surface area contributed by atoms with Crippen molar-refractivity contribution < 1.29 is 9.63 Å². The Morgan fingerprint density at radius 2 is 1.96 bits per heavy atom. The van der Waals surface area contributed by atoms with E-state index in [-0.39, 0.29) is 5.91 Å². The molecule has 6 heteroatoms. The molecule has 0 fully saturated rings. The van der Waals surface area contributed by atoms with Crippen LogP contribution in [0.4, 0.5) is 0 Å². The highest BCUT2D eigenvalue weighted by atomic mass is 32.1. The fourth-order valence-electron chi connectivity index (χ4n) is 2.50. The molecule has 24 heavy (non-hydrogen) atoms. The van der Waals surface area contributed by atoms with Crippen molar-refractivity contribution in [2.75, 3.05) is 7.11 Å². The Kier molecular flexibility index (Phi) is 4.98. The van der Waals surface area contributed by atoms with E-state index >= 15 is 0 Å². The van der Waals surface area contributed by atoms with Crippen LogP contribution in [-0.2, 0) is 11.3 Å². The van der Waals surface area contributed by atoms with Crippen molar-refractivity contribution in [3.63, 3.8) is 0 Å². The maximum absolute atomic E-state index is 12.4. The Morgan fingerprint density at radius 3 is 2.58 bits per heavy atom. The molecule has 0 radical (unpaired) electrons. The molecule has 0 saturated carbocycles. The average Bonchev–Trinajstić information content (AvgIpc) is 3.16. The average molecular weight is 339 g/mol. The Morgan fingerprint density at radius 1 is 1.17 bits per heavy atom. The van der Waals surface area contributed by atoms with Crippen LogP contribution in [0.15, 0.2) is 47.8 Å². The van der Waals surface area contributed by atoms with Crippen molar-refractivity contribution in [3.05, 3.63) is 59.1 Å². The molecule has 0 spiro atoms. The summed E-state index contributed by atoms with van der Waals surface area (Å²) >= 11 is 1.54. The van der Waals surface area contributed by atoms with E-state index in [1.807, 2.05) is 54.8 Å². The normalized spacial score (nSPS) is 10.6. The second-order valence-corrected chi connectivity index (χ2v) is 6.00. The van der Waals surface area contributed by atoms with Crippen molar-refractivity contribution in [1.82, 2.24) is 15.4 Å². The zero-order valence-corrected chi connectivity index (χ0v) is 14.3. The van der Waals surface area contributed by atoms with Gasteiger partial charge in [0.2, 0.25) is 0 Å². The molecule has 2 aromatic heterocycles. The van der Waals surface area contributed by atoms with Gasteiger partial charge in [-0.15, -0.1) is 11.3 Å². The summed E-state index contributed by atoms with van der Waals surface area (Å²) in [6.07, 6.45) is 0.640. The van der Waals surface area contributed by atoms with E-state index in [0.717, 1.165) is 21.7 Å². The smallest absolute Gasteiger partial charge is 0.277 e. The van der Waals surface area contributed by atoms with Gasteiger partial charge >= 0.3 is 0 Å². The number of hydrogen-bond donors (Lipinski definition) is 1. The summed E-state index contributed by atoms with van der Waals surface area (Å²) in [5.41, 5.74) is 5.24. The molecule has 1 amide bonds. The fraction of sp³-hybridized carbons (Fsp3) is 0.167. The van der Waals surface area contributed by atoms with Gasteiger partial charge in [-0.3, -0.25) is 9.63 Å². The molecule has 0 saturated heterocycles. The van der Waals surface area contributed by atoms with Crippen LogP contribution >= 0.6 is 11.3 Å². The summed E-state index contributed by atoms with van der Waals surface area (Å²) in [7, 11) is 1.41. The SMILES string of the molecule is CCc1c(C(=O)NOC)nc(-c2cccs2)nc1-c1ccccc1. The Balaban J connectivity index is 2.24. The van der Waals surface area contributed by atoms with Crippen molar-refractivity contribution in [3.8, 4) is 22.0 Å². The number of benzene rings is 1. The van der Waals surface area contributed by atoms with Gasteiger partial charge < -0.3 is 0 Å². The molecule has 0 aliphatic heterocycles. The summed E-state index contributed by atoms with van der Waals surface area (Å²) in [6.45, 7) is 1.99. The van der Waals surface area contributed by atoms with Gasteiger partial charge in [-0.25, -0.2) is 15.4 Å². The molecule has 3 rings (SSSR count). The standard InChI is InChI=1S/C18H17N3O2S/c1-3-13-15(12-8-5-4-6-9-12)19-17(14-10-7-11-24-14)20-16(13)18(22)21-23-2/h4-11H,3H2,1-2H3,(H,21,22). The Labute approximate surface area is 144 Å². The molecule has 0 bridgehead atoms. The van der Waals surface area contributed by atoms with E-state index in [1.165, 1.54) is 18.4 Å². The second-order valence-electron chi connectivity index (χ2n) is 5.06. The highest BCUT2D eigenvalue weighted by molar-refractivity contribution is 7.13. The first-order valence-corrected chi connectivity index (χ1v) is 8.46. The van der Waals surface area contributed by atoms with Crippen LogP contribution in [0, 0.1) is 0 Å². The van der Waals surface area contributed by atoms with Crippen molar-refractivity contribution in [1.29, 1.82) is 0 Å². The third kappa shape index (κ3) is 3.20. The van der Waals surface area contributed by atoms with Gasteiger partial charge in [0.15, 0.2) is 5.82 Å². The lowest BCUT2D eigenvalue weighted by atomic mass is 10.0. The van der Waals surface area contributed by atoms with Crippen LogP contribution in [0.3, 0.4) is 0 Å². The van der Waals surface area contributed by atoms with Crippen LogP contribution < -0.4 is 5.48 Å². The summed E-state index contributed by atoms with van der Waals surface area (Å²) < 4.78 is 0. The molecule has 3 aromatic rings. The monoisotopic (exact) mass is 339 g/mol. The first kappa shape index (κ1) is 16.3. The zero-order chi connectivity index (χ0) is 16.9. The molecule has 0 aliphatic carbocycles. The summed E-state index contributed by atoms with van der Waals surface area (Å²) in [5.74, 6) is 0.175. The molecule has 1 aromatic carbocycles. The third-order valence-corrected chi connectivity index (χ3v) is 4.43. The highest BCUT2D eigenvalue weighted by Gasteiger charge is 2.20. The van der Waals surface area contributed by atoms with Crippen molar-refractivity contribution in [2.24, 2.45) is 0 Å². The first-order chi connectivity index (χ1) is 11.7. The van der Waals surface area contributed by atoms with Crippen LogP contribution in [0.5, 0.6) is 0 Å². The van der Waals surface area contributed by atoms with Gasteiger partial charge in [-0.05, 0) is 17.9 Å². The second kappa shape index (κ2) is 7.33. The van der Waals surface area contributed by atoms with Gasteiger partial charge in [0.25, 0.3) is 5.91 Å². The number of nitrogens with one attached hydrogen (secondary N) is 1. The zero-order valence-electron chi connectivity index (χ0n) is 13.4. The van der Waals surface area contributed by atoms with Gasteiger partial charge in [-0.2, -0.15) is 0 Å². The first-order valence-electron chi connectivity index (χ1n) is 7.58. The maximum Gasteiger partial charge on any atom is 0.293 e. The van der Waals surface area contributed by atoms with E-state index < -0.39 is 0 Å². The van der Waals surface area contributed by atoms with Crippen molar-refractivity contribution >= 4 is 17.2 Å². The molecule has 122 valence electrons. The van der Waals surface area contributed by atoms with Gasteiger partial charge in [0, 0.05) is 11.1 Å². The number of carbonyl (C=O) groups is 1. The largest absolute Gasteiger partial charge is 0.293 e. The molecule has 0 atom stereocenters. The van der Waals surface area contributed by atoms with Crippen LogP contribution in [-0.4, -0.2) is 23.0 Å². The third-order valence-electron chi connectivity index (χ3n) is 3.56. The number of carbonyl (C=O) groups excluding carboxylic acids is 1. The molecule has 2 heterocycles. The molecule has 5 nitrogen and oxygen atoms in total. The minimum Gasteiger partial charge on any atom is -0.277 e. The lowest BCUT2D eigenvalue weighted by Crippen LogP contribution is -2.25. The number of rotatable bonds is 5. The lowest BCUT2D eigenvalue weighted by Gasteiger charge is -2.13. The number of aromatic nitrogens is 2. The highest BCUT2D eigenvalue weighted by Crippen LogP contribution is 2.29. The van der Waals surface area contributed by atoms with E-state index in [9.17, 15) is 4.79 Å². The maximum atomic E-state index is 12.4. The summed E-state index contributed by atoms with van der Waals surface area (Å²) in [6, 6.07) is 13.7. The lowest BCUT2D eigenvalue weighted by molar-refractivity contribution is 0.0531. The van der Waals surface area contributed by atoms with E-state index in [2.05, 4.69) is 10.5 Å². The van der Waals surface area contributed by atoms with Gasteiger partial charge in [0.1, 0.15) is 5.69 Å². The van der Waals surface area contributed by atoms with Gasteiger partial charge in [-0.1, -0.05) is 43.3 Å². The van der Waals surface area contributed by atoms with Crippen LogP contribution in [0.25, 0.3) is 22.0 Å². The van der Waals surface area contributed by atoms with E-state index in [1.54, 1.807) is 0 Å². The number of thiophene rings is 1. The number of amides is 1. The topological polar surface area (TPSA) is 64.1 Å². The summed E-state index contributed by atoms with van der Waals surface area (Å²) in [5, 5.41) is 1.96. The number of hydrogen-bond acceptors (Lipinski definition) is 5. The van der Waals surface area contributed by atoms with E-state index in [4.69, 9.17) is 9.82 Å². The van der Waals surface area contributed by atoms with Gasteiger partial charge in [0.05, 0.1) is 17.7 Å². The minimum absolute atomic E-state index is 0.344. The predicted molar refractivity (Wildman–Crippen MR) is 94.6 cm³/mol. The fourth-order valence-corrected chi connectivity index (χ4v) is 3.16. The van der Waals surface area contributed by atoms with E-state index in [0.29, 0.717) is 17.9 Å². The van der Waals surface area contributed by atoms with Crippen LogP contribution in [0.1, 0.15) is 23.0 Å². The molecular weight excluding hydrogens is 322 g/mol. The predicted octanol–water partition coefficient (Wildman–Crippen LogP) is 3.73. The Hall–Kier alpha value is -2.57. The van der Waals surface area contributed by atoms with Crippen LogP contribution in [0.2, 0.25) is 0 Å². The number of hydroxylamine groups is 1. The summed E-state index contributed by atoms with van der Waals surface area (Å²) in [4.78, 5) is 27.3. The molecule has 0 aliphatic rings. The van der Waals surface area contributed by atoms with Crippen molar-refractivity contribution in [2.45, 2.75) is 13.3 Å².